The molecule has 2 heterocycles. The van der Waals surface area contributed by atoms with Crippen LogP contribution in [0, 0.1) is 12.8 Å². The minimum Gasteiger partial charge on any atom is -0.444 e. The molecule has 130 valence electrons. The molecule has 1 amide bonds. The first-order valence-corrected chi connectivity index (χ1v) is 8.37. The van der Waals surface area contributed by atoms with Crippen molar-refractivity contribution in [3.8, 4) is 0 Å². The molecule has 0 aromatic carbocycles. The van der Waals surface area contributed by atoms with Gasteiger partial charge in [-0.15, -0.1) is 0 Å². The van der Waals surface area contributed by atoms with Gasteiger partial charge in [-0.05, 0) is 47.0 Å². The van der Waals surface area contributed by atoms with Gasteiger partial charge in [0.1, 0.15) is 5.60 Å². The summed E-state index contributed by atoms with van der Waals surface area (Å²) in [6, 6.07) is 0.263. The van der Waals surface area contributed by atoms with Gasteiger partial charge in [0, 0.05) is 44.5 Å². The molecule has 1 aromatic rings. The molecule has 1 fully saturated rings. The predicted octanol–water partition coefficient (Wildman–Crippen LogP) is 2.64. The lowest BCUT2D eigenvalue weighted by molar-refractivity contribution is 0.0288. The number of hydrogen-bond acceptors (Lipinski definition) is 4. The Morgan fingerprint density at radius 2 is 2.22 bits per heavy atom. The van der Waals surface area contributed by atoms with Crippen molar-refractivity contribution in [1.29, 1.82) is 0 Å². The Kier molecular flexibility index (Phi) is 5.34. The van der Waals surface area contributed by atoms with Crippen LogP contribution in [0.15, 0.2) is 6.20 Å². The molecule has 1 aliphatic heterocycles. The fourth-order valence-electron chi connectivity index (χ4n) is 2.99. The highest BCUT2D eigenvalue weighted by Crippen LogP contribution is 2.21. The first kappa shape index (κ1) is 17.8. The largest absolute Gasteiger partial charge is 0.444 e. The number of likely N-dealkylation sites (tertiary alicyclic amines) is 1. The second-order valence-corrected chi connectivity index (χ2v) is 7.55. The summed E-state index contributed by atoms with van der Waals surface area (Å²) in [5, 5.41) is 7.96. The molecule has 23 heavy (non-hydrogen) atoms. The average molecular weight is 322 g/mol. The van der Waals surface area contributed by atoms with E-state index in [0.717, 1.165) is 31.7 Å². The average Bonchev–Trinajstić information content (AvgIpc) is 3.00. The van der Waals surface area contributed by atoms with Gasteiger partial charge in [-0.2, -0.15) is 5.10 Å². The van der Waals surface area contributed by atoms with Crippen molar-refractivity contribution in [2.75, 3.05) is 19.6 Å². The topological polar surface area (TPSA) is 59.4 Å². The lowest BCUT2D eigenvalue weighted by atomic mass is 10.1. The fraction of sp³-hybridized carbons (Fsp3) is 0.765. The molecule has 0 bridgehead atoms. The second-order valence-electron chi connectivity index (χ2n) is 7.55. The number of amides is 1. The molecule has 0 radical (unpaired) electrons. The van der Waals surface area contributed by atoms with Gasteiger partial charge in [-0.3, -0.25) is 4.68 Å². The first-order valence-electron chi connectivity index (χ1n) is 8.37. The third-order valence-corrected chi connectivity index (χ3v) is 4.17. The lowest BCUT2D eigenvalue weighted by Gasteiger charge is -2.24. The molecule has 2 rings (SSSR count). The van der Waals surface area contributed by atoms with E-state index in [-0.39, 0.29) is 12.1 Å². The molecule has 1 aliphatic rings. The van der Waals surface area contributed by atoms with Crippen molar-refractivity contribution in [2.45, 2.75) is 52.7 Å². The van der Waals surface area contributed by atoms with E-state index >= 15 is 0 Å². The van der Waals surface area contributed by atoms with Crippen LogP contribution in [0.5, 0.6) is 0 Å². The van der Waals surface area contributed by atoms with E-state index in [0.29, 0.717) is 5.92 Å². The number of carbonyl (C=O) groups is 1. The van der Waals surface area contributed by atoms with Crippen LogP contribution >= 0.6 is 0 Å². The van der Waals surface area contributed by atoms with E-state index in [1.54, 1.807) is 0 Å². The third-order valence-electron chi connectivity index (χ3n) is 4.17. The lowest BCUT2D eigenvalue weighted by Crippen LogP contribution is -2.36. The number of nitrogens with zero attached hydrogens (tertiary/aromatic N) is 3. The molecule has 0 spiro atoms. The summed E-state index contributed by atoms with van der Waals surface area (Å²) in [7, 11) is 1.94. The Bertz CT molecular complexity index is 547. The molecule has 0 saturated carbocycles. The highest BCUT2D eigenvalue weighted by molar-refractivity contribution is 5.68. The van der Waals surface area contributed by atoms with Crippen LogP contribution in [0.4, 0.5) is 4.79 Å². The van der Waals surface area contributed by atoms with Crippen LogP contribution in [0.1, 0.15) is 51.4 Å². The van der Waals surface area contributed by atoms with Gasteiger partial charge in [-0.1, -0.05) is 0 Å². The van der Waals surface area contributed by atoms with Crippen molar-refractivity contribution in [2.24, 2.45) is 13.0 Å². The monoisotopic (exact) mass is 322 g/mol. The van der Waals surface area contributed by atoms with Crippen molar-refractivity contribution >= 4 is 6.09 Å². The van der Waals surface area contributed by atoms with Gasteiger partial charge in [0.15, 0.2) is 0 Å². The summed E-state index contributed by atoms with van der Waals surface area (Å²) in [6.45, 7) is 12.3. The zero-order valence-electron chi connectivity index (χ0n) is 15.2. The van der Waals surface area contributed by atoms with Crippen LogP contribution in [0.3, 0.4) is 0 Å². The van der Waals surface area contributed by atoms with E-state index in [1.165, 1.54) is 5.56 Å². The maximum absolute atomic E-state index is 12.1. The van der Waals surface area contributed by atoms with Gasteiger partial charge < -0.3 is 15.0 Å². The molecule has 1 saturated heterocycles. The minimum atomic E-state index is -0.431. The van der Waals surface area contributed by atoms with E-state index in [9.17, 15) is 4.79 Å². The fourth-order valence-corrected chi connectivity index (χ4v) is 2.99. The third kappa shape index (κ3) is 4.96. The van der Waals surface area contributed by atoms with E-state index in [2.05, 4.69) is 23.5 Å². The SMILES string of the molecule is Cc1nn(C)cc1C(C)NCC1CCN(C(=O)OC(C)(C)C)C1. The van der Waals surface area contributed by atoms with Crippen molar-refractivity contribution in [3.05, 3.63) is 17.5 Å². The Morgan fingerprint density at radius 3 is 2.78 bits per heavy atom. The molecule has 0 aliphatic carbocycles. The van der Waals surface area contributed by atoms with Gasteiger partial charge in [0.2, 0.25) is 0 Å². The molecule has 1 aromatic heterocycles. The van der Waals surface area contributed by atoms with Crippen LogP contribution in [0.2, 0.25) is 0 Å². The van der Waals surface area contributed by atoms with Gasteiger partial charge >= 0.3 is 6.09 Å². The quantitative estimate of drug-likeness (QED) is 0.926. The summed E-state index contributed by atoms with van der Waals surface area (Å²) in [4.78, 5) is 13.9. The smallest absolute Gasteiger partial charge is 0.410 e. The number of hydrogen-bond donors (Lipinski definition) is 1. The minimum absolute atomic E-state index is 0.198. The maximum Gasteiger partial charge on any atom is 0.410 e. The zero-order chi connectivity index (χ0) is 17.2. The maximum atomic E-state index is 12.1. The number of rotatable bonds is 4. The summed E-state index contributed by atoms with van der Waals surface area (Å²) in [5.41, 5.74) is 1.86. The molecule has 2 unspecified atom stereocenters. The number of aromatic nitrogens is 2. The Morgan fingerprint density at radius 1 is 1.52 bits per heavy atom. The van der Waals surface area contributed by atoms with E-state index in [1.807, 2.05) is 44.3 Å². The Balaban J connectivity index is 1.80. The van der Waals surface area contributed by atoms with Crippen LogP contribution < -0.4 is 5.32 Å². The van der Waals surface area contributed by atoms with Crippen molar-refractivity contribution < 1.29 is 9.53 Å². The van der Waals surface area contributed by atoms with Gasteiger partial charge in [0.05, 0.1) is 5.69 Å². The van der Waals surface area contributed by atoms with Crippen LogP contribution in [-0.4, -0.2) is 46.0 Å². The van der Waals surface area contributed by atoms with E-state index in [4.69, 9.17) is 4.74 Å². The van der Waals surface area contributed by atoms with Crippen molar-refractivity contribution in [3.63, 3.8) is 0 Å². The van der Waals surface area contributed by atoms with Crippen molar-refractivity contribution in [1.82, 2.24) is 20.0 Å². The molecule has 6 nitrogen and oxygen atoms in total. The Labute approximate surface area is 139 Å². The first-order chi connectivity index (χ1) is 10.7. The normalized spacial score (nSPS) is 19.9. The zero-order valence-corrected chi connectivity index (χ0v) is 15.2. The van der Waals surface area contributed by atoms with Crippen LogP contribution in [-0.2, 0) is 11.8 Å². The van der Waals surface area contributed by atoms with E-state index < -0.39 is 5.60 Å². The number of nitrogens with one attached hydrogen (secondary N) is 1. The highest BCUT2D eigenvalue weighted by atomic mass is 16.6. The molecule has 2 atom stereocenters. The summed E-state index contributed by atoms with van der Waals surface area (Å²) < 4.78 is 7.29. The number of carbonyl (C=O) groups excluding carboxylic acids is 1. The highest BCUT2D eigenvalue weighted by Gasteiger charge is 2.29. The standard InChI is InChI=1S/C17H30N4O2/c1-12(15-11-20(6)19-13(15)2)18-9-14-7-8-21(10-14)16(22)23-17(3,4)5/h11-12,14,18H,7-10H2,1-6H3. The summed E-state index contributed by atoms with van der Waals surface area (Å²) in [6.07, 6.45) is 2.88. The van der Waals surface area contributed by atoms with Crippen LogP contribution in [0.25, 0.3) is 0 Å². The summed E-state index contributed by atoms with van der Waals surface area (Å²) >= 11 is 0. The molecule has 6 heteroatoms. The predicted molar refractivity (Wildman–Crippen MR) is 90.3 cm³/mol. The number of ether oxygens (including phenoxy) is 1. The number of aryl methyl sites for hydroxylation is 2. The molecule has 1 N–H and O–H groups in total. The summed E-state index contributed by atoms with van der Waals surface area (Å²) in [5.74, 6) is 0.474. The molecular formula is C17H30N4O2. The Hall–Kier alpha value is -1.56. The molecular weight excluding hydrogens is 292 g/mol. The second kappa shape index (κ2) is 6.91. The van der Waals surface area contributed by atoms with Gasteiger partial charge in [0.25, 0.3) is 0 Å². The van der Waals surface area contributed by atoms with Gasteiger partial charge in [-0.25, -0.2) is 4.79 Å².